The molecule has 0 radical (unpaired) electrons. The number of nitrogens with one attached hydrogen (secondary N) is 1. The number of hydrogen-bond acceptors (Lipinski definition) is 2. The van der Waals surface area contributed by atoms with Crippen molar-refractivity contribution in [2.75, 3.05) is 19.0 Å². The van der Waals surface area contributed by atoms with E-state index >= 15 is 0 Å². The van der Waals surface area contributed by atoms with Crippen LogP contribution >= 0.6 is 0 Å². The van der Waals surface area contributed by atoms with E-state index in [2.05, 4.69) is 31.3 Å². The lowest BCUT2D eigenvalue weighted by atomic mass is 9.75. The van der Waals surface area contributed by atoms with Crippen LogP contribution in [0.4, 0.5) is 5.69 Å². The predicted octanol–water partition coefficient (Wildman–Crippen LogP) is 3.96. The molecule has 0 saturated carbocycles. The van der Waals surface area contributed by atoms with Crippen LogP contribution in [0.1, 0.15) is 45.1 Å². The minimum atomic E-state index is 0.327. The fraction of sp³-hybridized carbons (Fsp3) is 0.600. The minimum absolute atomic E-state index is 0.327. The van der Waals surface area contributed by atoms with Crippen LogP contribution in [0.15, 0.2) is 18.2 Å². The highest BCUT2D eigenvalue weighted by molar-refractivity contribution is 5.68. The zero-order chi connectivity index (χ0) is 12.3. The van der Waals surface area contributed by atoms with E-state index < -0.39 is 0 Å². The molecule has 1 heterocycles. The highest BCUT2D eigenvalue weighted by Gasteiger charge is 2.38. The van der Waals surface area contributed by atoms with Crippen molar-refractivity contribution in [1.29, 1.82) is 0 Å². The molecule has 0 amide bonds. The normalized spacial score (nSPS) is 16.4. The standard InChI is InChI=1S/C15H23NO/c1-4-9-15(10-5-2)11-16-14-12(15)7-6-8-13(14)17-3/h6-8,16H,4-5,9-11H2,1-3H3. The van der Waals surface area contributed by atoms with E-state index in [0.29, 0.717) is 5.41 Å². The second kappa shape index (κ2) is 4.99. The maximum absolute atomic E-state index is 5.44. The molecule has 0 aromatic heterocycles. The van der Waals surface area contributed by atoms with Gasteiger partial charge in [0.1, 0.15) is 5.75 Å². The lowest BCUT2D eigenvalue weighted by Gasteiger charge is -2.28. The Bertz CT molecular complexity index is 381. The van der Waals surface area contributed by atoms with Gasteiger partial charge in [0, 0.05) is 12.0 Å². The molecule has 2 nitrogen and oxygen atoms in total. The average Bonchev–Trinajstić information content (AvgIpc) is 2.70. The molecule has 2 heteroatoms. The van der Waals surface area contributed by atoms with Crippen molar-refractivity contribution in [2.45, 2.75) is 44.9 Å². The number of rotatable bonds is 5. The molecule has 0 aliphatic carbocycles. The van der Waals surface area contributed by atoms with Crippen LogP contribution in [0.2, 0.25) is 0 Å². The van der Waals surface area contributed by atoms with Gasteiger partial charge in [-0.2, -0.15) is 0 Å². The molecule has 17 heavy (non-hydrogen) atoms. The molecule has 2 rings (SSSR count). The fourth-order valence-corrected chi connectivity index (χ4v) is 3.21. The molecule has 1 aliphatic rings. The van der Waals surface area contributed by atoms with E-state index in [9.17, 15) is 0 Å². The van der Waals surface area contributed by atoms with Crippen molar-refractivity contribution >= 4 is 5.69 Å². The van der Waals surface area contributed by atoms with Crippen molar-refractivity contribution in [2.24, 2.45) is 0 Å². The van der Waals surface area contributed by atoms with Crippen molar-refractivity contribution in [3.05, 3.63) is 23.8 Å². The van der Waals surface area contributed by atoms with Gasteiger partial charge in [-0.25, -0.2) is 0 Å². The monoisotopic (exact) mass is 233 g/mol. The Morgan fingerprint density at radius 1 is 1.24 bits per heavy atom. The van der Waals surface area contributed by atoms with Crippen molar-refractivity contribution in [3.8, 4) is 5.75 Å². The lowest BCUT2D eigenvalue weighted by molar-refractivity contribution is 0.390. The summed E-state index contributed by atoms with van der Waals surface area (Å²) in [5, 5.41) is 3.56. The van der Waals surface area contributed by atoms with Crippen LogP contribution in [0, 0.1) is 0 Å². The molecule has 0 unspecified atom stereocenters. The number of ether oxygens (including phenoxy) is 1. The molecule has 0 bridgehead atoms. The van der Waals surface area contributed by atoms with Gasteiger partial charge in [-0.05, 0) is 24.5 Å². The van der Waals surface area contributed by atoms with Gasteiger partial charge >= 0.3 is 0 Å². The topological polar surface area (TPSA) is 21.3 Å². The first-order valence-corrected chi connectivity index (χ1v) is 6.68. The summed E-state index contributed by atoms with van der Waals surface area (Å²) >= 11 is 0. The van der Waals surface area contributed by atoms with Gasteiger partial charge in [0.15, 0.2) is 0 Å². The maximum atomic E-state index is 5.44. The van der Waals surface area contributed by atoms with Gasteiger partial charge in [0.25, 0.3) is 0 Å². The Kier molecular flexibility index (Phi) is 3.60. The van der Waals surface area contributed by atoms with E-state index in [1.165, 1.54) is 36.9 Å². The highest BCUT2D eigenvalue weighted by atomic mass is 16.5. The Morgan fingerprint density at radius 2 is 1.94 bits per heavy atom. The number of para-hydroxylation sites is 1. The summed E-state index contributed by atoms with van der Waals surface area (Å²) in [7, 11) is 1.75. The van der Waals surface area contributed by atoms with Crippen molar-refractivity contribution in [1.82, 2.24) is 0 Å². The number of benzene rings is 1. The lowest BCUT2D eigenvalue weighted by Crippen LogP contribution is -2.28. The smallest absolute Gasteiger partial charge is 0.142 e. The summed E-state index contributed by atoms with van der Waals surface area (Å²) in [6, 6.07) is 6.42. The van der Waals surface area contributed by atoms with E-state index in [1.54, 1.807) is 7.11 Å². The fourth-order valence-electron chi connectivity index (χ4n) is 3.21. The summed E-state index contributed by atoms with van der Waals surface area (Å²) in [4.78, 5) is 0. The summed E-state index contributed by atoms with van der Waals surface area (Å²) in [6.45, 7) is 5.61. The summed E-state index contributed by atoms with van der Waals surface area (Å²) < 4.78 is 5.44. The SMILES string of the molecule is CCCC1(CCC)CNc2c(OC)cccc21. The first-order chi connectivity index (χ1) is 8.27. The zero-order valence-electron chi connectivity index (χ0n) is 11.2. The van der Waals surface area contributed by atoms with Crippen molar-refractivity contribution in [3.63, 3.8) is 0 Å². The Morgan fingerprint density at radius 3 is 2.53 bits per heavy atom. The van der Waals surface area contributed by atoms with E-state index in [4.69, 9.17) is 4.74 Å². The van der Waals surface area contributed by atoms with Gasteiger partial charge < -0.3 is 10.1 Å². The Balaban J connectivity index is 2.42. The molecule has 0 atom stereocenters. The summed E-state index contributed by atoms with van der Waals surface area (Å²) in [5.74, 6) is 0.983. The second-order valence-corrected chi connectivity index (χ2v) is 5.02. The number of fused-ring (bicyclic) bond motifs is 1. The molecule has 0 saturated heterocycles. The first kappa shape index (κ1) is 12.3. The maximum Gasteiger partial charge on any atom is 0.142 e. The van der Waals surface area contributed by atoms with Gasteiger partial charge in [-0.15, -0.1) is 0 Å². The highest BCUT2D eigenvalue weighted by Crippen LogP contribution is 2.46. The number of methoxy groups -OCH3 is 1. The minimum Gasteiger partial charge on any atom is -0.495 e. The van der Waals surface area contributed by atoms with Crippen LogP contribution in [0.25, 0.3) is 0 Å². The molecule has 1 aliphatic heterocycles. The van der Waals surface area contributed by atoms with Crippen LogP contribution in [-0.2, 0) is 5.41 Å². The van der Waals surface area contributed by atoms with Gasteiger partial charge in [0.05, 0.1) is 12.8 Å². The van der Waals surface area contributed by atoms with Gasteiger partial charge in [-0.1, -0.05) is 38.8 Å². The molecule has 1 aromatic carbocycles. The molecular formula is C15H23NO. The third-order valence-corrected chi connectivity index (χ3v) is 3.88. The van der Waals surface area contributed by atoms with Crippen LogP contribution in [0.3, 0.4) is 0 Å². The Labute approximate surface area is 104 Å². The quantitative estimate of drug-likeness (QED) is 0.831. The van der Waals surface area contributed by atoms with E-state index in [0.717, 1.165) is 12.3 Å². The number of anilines is 1. The third kappa shape index (κ3) is 2.01. The second-order valence-electron chi connectivity index (χ2n) is 5.02. The van der Waals surface area contributed by atoms with E-state index in [1.807, 2.05) is 6.07 Å². The van der Waals surface area contributed by atoms with Gasteiger partial charge in [-0.3, -0.25) is 0 Å². The van der Waals surface area contributed by atoms with Gasteiger partial charge in [0.2, 0.25) is 0 Å². The summed E-state index contributed by atoms with van der Waals surface area (Å²) in [5.41, 5.74) is 3.00. The molecular weight excluding hydrogens is 210 g/mol. The Hall–Kier alpha value is -1.18. The molecule has 94 valence electrons. The zero-order valence-corrected chi connectivity index (χ0v) is 11.2. The van der Waals surface area contributed by atoms with Crippen molar-refractivity contribution < 1.29 is 4.74 Å². The first-order valence-electron chi connectivity index (χ1n) is 6.68. The largest absolute Gasteiger partial charge is 0.495 e. The summed E-state index contributed by atoms with van der Waals surface area (Å²) in [6.07, 6.45) is 4.98. The predicted molar refractivity (Wildman–Crippen MR) is 73.0 cm³/mol. The molecule has 0 fully saturated rings. The van der Waals surface area contributed by atoms with Crippen LogP contribution in [-0.4, -0.2) is 13.7 Å². The van der Waals surface area contributed by atoms with Crippen LogP contribution in [0.5, 0.6) is 5.75 Å². The third-order valence-electron chi connectivity index (χ3n) is 3.88. The molecule has 1 aromatic rings. The average molecular weight is 233 g/mol. The molecule has 0 spiro atoms. The molecule has 1 N–H and O–H groups in total. The van der Waals surface area contributed by atoms with E-state index in [-0.39, 0.29) is 0 Å². The van der Waals surface area contributed by atoms with Crippen LogP contribution < -0.4 is 10.1 Å². The number of hydrogen-bond donors (Lipinski definition) is 1.